The zero-order valence-electron chi connectivity index (χ0n) is 12.5. The predicted molar refractivity (Wildman–Crippen MR) is 83.7 cm³/mol. The van der Waals surface area contributed by atoms with Gasteiger partial charge in [0.15, 0.2) is 0 Å². The van der Waals surface area contributed by atoms with E-state index in [0.717, 1.165) is 29.6 Å². The number of aromatic nitrogens is 2. The van der Waals surface area contributed by atoms with Crippen LogP contribution in [0.4, 0.5) is 4.79 Å². The average molecular weight is 310 g/mol. The van der Waals surface area contributed by atoms with Crippen molar-refractivity contribution in [2.75, 3.05) is 6.54 Å². The number of rotatable bonds is 4. The number of amides is 1. The standard InChI is InChI=1S/C15H20ClN3O2/c1-15(2,3)21-14(20)18-7-4-5-10-9-11-12(16)6-8-17-13(11)19-10/h6,8-9H,4-5,7H2,1-3H3,(H,17,19)(H,18,20). The number of pyridine rings is 1. The fourth-order valence-corrected chi connectivity index (χ4v) is 2.17. The highest BCUT2D eigenvalue weighted by molar-refractivity contribution is 6.35. The molecule has 6 heteroatoms. The molecule has 0 saturated carbocycles. The number of hydrogen-bond donors (Lipinski definition) is 2. The third kappa shape index (κ3) is 4.63. The van der Waals surface area contributed by atoms with Gasteiger partial charge in [-0.25, -0.2) is 9.78 Å². The molecular formula is C15H20ClN3O2. The summed E-state index contributed by atoms with van der Waals surface area (Å²) >= 11 is 6.10. The number of halogens is 1. The molecule has 2 N–H and O–H groups in total. The molecule has 2 heterocycles. The number of fused-ring (bicyclic) bond motifs is 1. The first-order chi connectivity index (χ1) is 9.85. The summed E-state index contributed by atoms with van der Waals surface area (Å²) in [5.74, 6) is 0. The first-order valence-electron chi connectivity index (χ1n) is 6.94. The van der Waals surface area contributed by atoms with Crippen molar-refractivity contribution in [1.29, 1.82) is 0 Å². The van der Waals surface area contributed by atoms with E-state index < -0.39 is 5.60 Å². The largest absolute Gasteiger partial charge is 0.444 e. The van der Waals surface area contributed by atoms with Crippen LogP contribution in [-0.2, 0) is 11.2 Å². The number of carbonyl (C=O) groups is 1. The van der Waals surface area contributed by atoms with Gasteiger partial charge in [0, 0.05) is 23.8 Å². The van der Waals surface area contributed by atoms with Gasteiger partial charge in [-0.15, -0.1) is 0 Å². The lowest BCUT2D eigenvalue weighted by Gasteiger charge is -2.19. The lowest BCUT2D eigenvalue weighted by molar-refractivity contribution is 0.0527. The molecule has 0 atom stereocenters. The predicted octanol–water partition coefficient (Wildman–Crippen LogP) is 3.67. The highest BCUT2D eigenvalue weighted by Crippen LogP contribution is 2.22. The van der Waals surface area contributed by atoms with Crippen LogP contribution in [0.1, 0.15) is 32.9 Å². The van der Waals surface area contributed by atoms with Crippen LogP contribution in [0.25, 0.3) is 11.0 Å². The lowest BCUT2D eigenvalue weighted by atomic mass is 10.2. The Balaban J connectivity index is 1.80. The Morgan fingerprint density at radius 2 is 2.24 bits per heavy atom. The smallest absolute Gasteiger partial charge is 0.407 e. The topological polar surface area (TPSA) is 67.0 Å². The average Bonchev–Trinajstić information content (AvgIpc) is 2.77. The van der Waals surface area contributed by atoms with Crippen LogP contribution in [0, 0.1) is 0 Å². The summed E-state index contributed by atoms with van der Waals surface area (Å²) in [7, 11) is 0. The van der Waals surface area contributed by atoms with Crippen molar-refractivity contribution < 1.29 is 9.53 Å². The Labute approximate surface area is 129 Å². The van der Waals surface area contributed by atoms with Crippen molar-refractivity contribution >= 4 is 28.7 Å². The van der Waals surface area contributed by atoms with Crippen LogP contribution in [0.5, 0.6) is 0 Å². The molecule has 0 aromatic carbocycles. The van der Waals surface area contributed by atoms with Crippen LogP contribution in [-0.4, -0.2) is 28.2 Å². The molecule has 0 aliphatic heterocycles. The van der Waals surface area contributed by atoms with E-state index in [1.54, 1.807) is 12.3 Å². The fraction of sp³-hybridized carbons (Fsp3) is 0.467. The van der Waals surface area contributed by atoms with Crippen molar-refractivity contribution in [3.8, 4) is 0 Å². The van der Waals surface area contributed by atoms with Gasteiger partial charge < -0.3 is 15.0 Å². The van der Waals surface area contributed by atoms with Crippen molar-refractivity contribution in [3.63, 3.8) is 0 Å². The summed E-state index contributed by atoms with van der Waals surface area (Å²) in [5.41, 5.74) is 1.37. The number of nitrogens with zero attached hydrogens (tertiary/aromatic N) is 1. The van der Waals surface area contributed by atoms with E-state index in [9.17, 15) is 4.79 Å². The van der Waals surface area contributed by atoms with Gasteiger partial charge in [0.2, 0.25) is 0 Å². The summed E-state index contributed by atoms with van der Waals surface area (Å²) < 4.78 is 5.17. The maximum Gasteiger partial charge on any atom is 0.407 e. The number of aryl methyl sites for hydroxylation is 1. The van der Waals surface area contributed by atoms with Crippen LogP contribution >= 0.6 is 11.6 Å². The molecule has 114 valence electrons. The first-order valence-corrected chi connectivity index (χ1v) is 7.32. The highest BCUT2D eigenvalue weighted by atomic mass is 35.5. The molecule has 0 unspecified atom stereocenters. The summed E-state index contributed by atoms with van der Waals surface area (Å²) in [6, 6.07) is 3.77. The Morgan fingerprint density at radius 3 is 2.90 bits per heavy atom. The number of ether oxygens (including phenoxy) is 1. The third-order valence-electron chi connectivity index (χ3n) is 2.83. The fourth-order valence-electron chi connectivity index (χ4n) is 1.97. The maximum absolute atomic E-state index is 11.5. The summed E-state index contributed by atoms with van der Waals surface area (Å²) in [6.07, 6.45) is 2.91. The Hall–Kier alpha value is -1.75. The monoisotopic (exact) mass is 309 g/mol. The number of alkyl carbamates (subject to hydrolysis) is 1. The molecule has 0 spiro atoms. The minimum Gasteiger partial charge on any atom is -0.444 e. The second-order valence-corrected chi connectivity index (χ2v) is 6.29. The van der Waals surface area contributed by atoms with Gasteiger partial charge in [-0.2, -0.15) is 0 Å². The Bertz CT molecular complexity index is 631. The molecule has 2 rings (SSSR count). The second kappa shape index (κ2) is 6.35. The molecule has 0 saturated heterocycles. The maximum atomic E-state index is 11.5. The van der Waals surface area contributed by atoms with Crippen molar-refractivity contribution in [3.05, 3.63) is 29.0 Å². The van der Waals surface area contributed by atoms with E-state index >= 15 is 0 Å². The Morgan fingerprint density at radius 1 is 1.48 bits per heavy atom. The molecule has 0 fully saturated rings. The number of carbonyl (C=O) groups excluding carboxylic acids is 1. The summed E-state index contributed by atoms with van der Waals surface area (Å²) in [6.45, 7) is 6.08. The molecule has 2 aromatic heterocycles. The van der Waals surface area contributed by atoms with Crippen LogP contribution < -0.4 is 5.32 Å². The van der Waals surface area contributed by atoms with Gasteiger partial charge in [0.25, 0.3) is 0 Å². The SMILES string of the molecule is CC(C)(C)OC(=O)NCCCc1cc2c(Cl)ccnc2[nH]1. The van der Waals surface area contributed by atoms with Gasteiger partial charge in [-0.3, -0.25) is 0 Å². The summed E-state index contributed by atoms with van der Waals surface area (Å²) in [4.78, 5) is 18.9. The number of aromatic amines is 1. The Kier molecular flexibility index (Phi) is 4.73. The normalized spacial score (nSPS) is 11.6. The second-order valence-electron chi connectivity index (χ2n) is 5.88. The van der Waals surface area contributed by atoms with Crippen molar-refractivity contribution in [2.24, 2.45) is 0 Å². The van der Waals surface area contributed by atoms with Crippen molar-refractivity contribution in [1.82, 2.24) is 15.3 Å². The molecule has 21 heavy (non-hydrogen) atoms. The van der Waals surface area contributed by atoms with Gasteiger partial charge in [-0.05, 0) is 45.7 Å². The number of nitrogens with one attached hydrogen (secondary N) is 2. The molecule has 0 aliphatic rings. The van der Waals surface area contributed by atoms with E-state index in [1.807, 2.05) is 26.8 Å². The van der Waals surface area contributed by atoms with E-state index in [1.165, 1.54) is 0 Å². The molecule has 1 amide bonds. The molecule has 2 aromatic rings. The quantitative estimate of drug-likeness (QED) is 0.847. The third-order valence-corrected chi connectivity index (χ3v) is 3.16. The van der Waals surface area contributed by atoms with E-state index in [-0.39, 0.29) is 6.09 Å². The first kappa shape index (κ1) is 15.6. The van der Waals surface area contributed by atoms with E-state index in [0.29, 0.717) is 11.6 Å². The molecular weight excluding hydrogens is 290 g/mol. The highest BCUT2D eigenvalue weighted by Gasteiger charge is 2.15. The summed E-state index contributed by atoms with van der Waals surface area (Å²) in [5, 5.41) is 4.35. The van der Waals surface area contributed by atoms with Gasteiger partial charge in [-0.1, -0.05) is 11.6 Å². The van der Waals surface area contributed by atoms with Crippen LogP contribution in [0.15, 0.2) is 18.3 Å². The van der Waals surface area contributed by atoms with Gasteiger partial charge in [0.1, 0.15) is 11.2 Å². The van der Waals surface area contributed by atoms with E-state index in [4.69, 9.17) is 16.3 Å². The lowest BCUT2D eigenvalue weighted by Crippen LogP contribution is -2.33. The number of hydrogen-bond acceptors (Lipinski definition) is 3. The van der Waals surface area contributed by atoms with Gasteiger partial charge in [0.05, 0.1) is 5.02 Å². The van der Waals surface area contributed by atoms with E-state index in [2.05, 4.69) is 15.3 Å². The van der Waals surface area contributed by atoms with Gasteiger partial charge >= 0.3 is 6.09 Å². The minimum atomic E-state index is -0.469. The minimum absolute atomic E-state index is 0.385. The molecule has 0 radical (unpaired) electrons. The zero-order valence-corrected chi connectivity index (χ0v) is 13.3. The molecule has 5 nitrogen and oxygen atoms in total. The molecule has 0 bridgehead atoms. The zero-order chi connectivity index (χ0) is 15.5. The van der Waals surface area contributed by atoms with Crippen molar-refractivity contribution in [2.45, 2.75) is 39.2 Å². The number of H-pyrrole nitrogens is 1. The van der Waals surface area contributed by atoms with Crippen LogP contribution in [0.2, 0.25) is 5.02 Å². The van der Waals surface area contributed by atoms with Crippen LogP contribution in [0.3, 0.4) is 0 Å². The molecule has 0 aliphatic carbocycles.